The van der Waals surface area contributed by atoms with Crippen LogP contribution in [-0.2, 0) is 14.4 Å². The molecule has 34 heavy (non-hydrogen) atoms. The molecule has 188 valence electrons. The Morgan fingerprint density at radius 2 is 1.26 bits per heavy atom. The maximum absolute atomic E-state index is 12.4. The van der Waals surface area contributed by atoms with E-state index in [4.69, 9.17) is 5.11 Å². The molecule has 1 amide bonds. The maximum atomic E-state index is 12.4. The molecule has 0 unspecified atom stereocenters. The van der Waals surface area contributed by atoms with Gasteiger partial charge in [-0.3, -0.25) is 24.0 Å². The SMILES string of the molecule is CCCC(=O)c1cccc(C(=O)CCC(=O)NCCCCCCCC(=O)CCCCC(=O)O)c1. The van der Waals surface area contributed by atoms with Crippen LogP contribution in [0.25, 0.3) is 0 Å². The topological polar surface area (TPSA) is 118 Å². The van der Waals surface area contributed by atoms with Crippen LogP contribution in [0, 0.1) is 0 Å². The smallest absolute Gasteiger partial charge is 0.303 e. The molecular weight excluding hydrogens is 434 g/mol. The van der Waals surface area contributed by atoms with E-state index < -0.39 is 5.97 Å². The van der Waals surface area contributed by atoms with Gasteiger partial charge in [-0.05, 0) is 38.2 Å². The highest BCUT2D eigenvalue weighted by Crippen LogP contribution is 2.12. The van der Waals surface area contributed by atoms with Crippen LogP contribution in [0.2, 0.25) is 0 Å². The maximum Gasteiger partial charge on any atom is 0.303 e. The van der Waals surface area contributed by atoms with E-state index in [1.165, 1.54) is 0 Å². The zero-order valence-corrected chi connectivity index (χ0v) is 20.4. The van der Waals surface area contributed by atoms with Crippen LogP contribution in [0.4, 0.5) is 0 Å². The number of hydrogen-bond donors (Lipinski definition) is 2. The lowest BCUT2D eigenvalue weighted by Gasteiger charge is -2.06. The Morgan fingerprint density at radius 3 is 1.91 bits per heavy atom. The average molecular weight is 474 g/mol. The Labute approximate surface area is 202 Å². The molecule has 1 aromatic rings. The molecular formula is C27H39NO6. The molecule has 7 heteroatoms. The summed E-state index contributed by atoms with van der Waals surface area (Å²) >= 11 is 0. The summed E-state index contributed by atoms with van der Waals surface area (Å²) in [5.41, 5.74) is 1.01. The van der Waals surface area contributed by atoms with Gasteiger partial charge in [0.2, 0.25) is 5.91 Å². The van der Waals surface area contributed by atoms with Crippen molar-refractivity contribution in [3.8, 4) is 0 Å². The van der Waals surface area contributed by atoms with E-state index in [-0.39, 0.29) is 42.5 Å². The van der Waals surface area contributed by atoms with Gasteiger partial charge in [-0.25, -0.2) is 0 Å². The zero-order chi connectivity index (χ0) is 25.2. The second kappa shape index (κ2) is 17.6. The summed E-state index contributed by atoms with van der Waals surface area (Å²) in [5.74, 6) is -0.891. The lowest BCUT2D eigenvalue weighted by atomic mass is 10.0. The number of hydrogen-bond acceptors (Lipinski definition) is 5. The van der Waals surface area contributed by atoms with Crippen molar-refractivity contribution >= 4 is 29.2 Å². The quantitative estimate of drug-likeness (QED) is 0.196. The van der Waals surface area contributed by atoms with Crippen molar-refractivity contribution in [1.29, 1.82) is 0 Å². The van der Waals surface area contributed by atoms with Gasteiger partial charge in [0.25, 0.3) is 0 Å². The molecule has 1 rings (SSSR count). The van der Waals surface area contributed by atoms with Crippen LogP contribution >= 0.6 is 0 Å². The van der Waals surface area contributed by atoms with Gasteiger partial charge in [0, 0.05) is 56.2 Å². The van der Waals surface area contributed by atoms with Gasteiger partial charge in [-0.1, -0.05) is 44.4 Å². The number of aliphatic carboxylic acids is 1. The Kier molecular flexibility index (Phi) is 15.1. The number of carbonyl (C=O) groups is 5. The van der Waals surface area contributed by atoms with Crippen molar-refractivity contribution in [2.45, 2.75) is 96.8 Å². The van der Waals surface area contributed by atoms with Crippen molar-refractivity contribution in [3.05, 3.63) is 35.4 Å². The fourth-order valence-corrected chi connectivity index (χ4v) is 3.63. The molecule has 0 aromatic heterocycles. The molecule has 0 fully saturated rings. The van der Waals surface area contributed by atoms with Crippen molar-refractivity contribution in [2.75, 3.05) is 6.54 Å². The van der Waals surface area contributed by atoms with Crippen LogP contribution in [0.15, 0.2) is 24.3 Å². The molecule has 0 spiro atoms. The number of amides is 1. The Bertz CT molecular complexity index is 817. The first kappa shape index (κ1) is 29.2. The van der Waals surface area contributed by atoms with Gasteiger partial charge in [0.1, 0.15) is 5.78 Å². The molecule has 0 bridgehead atoms. The lowest BCUT2D eigenvalue weighted by Crippen LogP contribution is -2.24. The minimum atomic E-state index is -0.820. The van der Waals surface area contributed by atoms with E-state index in [0.29, 0.717) is 49.8 Å². The van der Waals surface area contributed by atoms with Crippen LogP contribution < -0.4 is 5.32 Å². The molecule has 7 nitrogen and oxygen atoms in total. The number of Topliss-reactive ketones (excluding diaryl/α,β-unsaturated/α-hetero) is 3. The first-order chi connectivity index (χ1) is 16.3. The second-order valence-electron chi connectivity index (χ2n) is 8.68. The van der Waals surface area contributed by atoms with Crippen LogP contribution in [0.5, 0.6) is 0 Å². The monoisotopic (exact) mass is 473 g/mol. The van der Waals surface area contributed by atoms with E-state index >= 15 is 0 Å². The highest BCUT2D eigenvalue weighted by Gasteiger charge is 2.12. The van der Waals surface area contributed by atoms with Gasteiger partial charge >= 0.3 is 5.97 Å². The van der Waals surface area contributed by atoms with Crippen LogP contribution in [0.3, 0.4) is 0 Å². The van der Waals surface area contributed by atoms with Crippen molar-refractivity contribution in [1.82, 2.24) is 5.32 Å². The van der Waals surface area contributed by atoms with Gasteiger partial charge in [-0.15, -0.1) is 0 Å². The van der Waals surface area contributed by atoms with Gasteiger partial charge in [-0.2, -0.15) is 0 Å². The fourth-order valence-electron chi connectivity index (χ4n) is 3.63. The third kappa shape index (κ3) is 13.7. The largest absolute Gasteiger partial charge is 0.481 e. The van der Waals surface area contributed by atoms with Gasteiger partial charge in [0.15, 0.2) is 11.6 Å². The number of benzene rings is 1. The van der Waals surface area contributed by atoms with Crippen LogP contribution in [-0.4, -0.2) is 40.9 Å². The molecule has 0 aliphatic carbocycles. The summed E-state index contributed by atoms with van der Waals surface area (Å²) in [6, 6.07) is 6.71. The molecule has 0 atom stereocenters. The molecule has 0 heterocycles. The first-order valence-electron chi connectivity index (χ1n) is 12.5. The molecule has 0 radical (unpaired) electrons. The molecule has 0 saturated carbocycles. The van der Waals surface area contributed by atoms with Crippen molar-refractivity contribution in [3.63, 3.8) is 0 Å². The van der Waals surface area contributed by atoms with Crippen molar-refractivity contribution in [2.24, 2.45) is 0 Å². The highest BCUT2D eigenvalue weighted by atomic mass is 16.4. The summed E-state index contributed by atoms with van der Waals surface area (Å²) in [6.07, 6.45) is 8.39. The van der Waals surface area contributed by atoms with E-state index in [1.807, 2.05) is 6.92 Å². The van der Waals surface area contributed by atoms with E-state index in [2.05, 4.69) is 5.32 Å². The van der Waals surface area contributed by atoms with E-state index in [9.17, 15) is 24.0 Å². The van der Waals surface area contributed by atoms with Crippen LogP contribution in [0.1, 0.15) is 118 Å². The first-order valence-corrected chi connectivity index (χ1v) is 12.5. The predicted molar refractivity (Wildman–Crippen MR) is 131 cm³/mol. The lowest BCUT2D eigenvalue weighted by molar-refractivity contribution is -0.137. The number of nitrogens with one attached hydrogen (secondary N) is 1. The Balaban J connectivity index is 2.08. The van der Waals surface area contributed by atoms with Gasteiger partial charge < -0.3 is 10.4 Å². The molecule has 1 aromatic carbocycles. The number of rotatable bonds is 20. The molecule has 0 aliphatic rings. The standard InChI is InChI=1S/C27H39NO6/c1-2-11-24(30)21-12-10-13-22(20-21)25(31)17-18-26(32)28-19-9-5-3-4-6-14-23(29)15-7-8-16-27(33)34/h10,12-13,20H,2-9,11,14-19H2,1H3,(H,28,32)(H,33,34). The predicted octanol–water partition coefficient (Wildman–Crippen LogP) is 5.30. The zero-order valence-electron chi connectivity index (χ0n) is 20.4. The summed E-state index contributed by atoms with van der Waals surface area (Å²) in [5, 5.41) is 11.4. The highest BCUT2D eigenvalue weighted by molar-refractivity contribution is 6.02. The number of carboxylic acids is 1. The Hall–Kier alpha value is -2.83. The normalized spacial score (nSPS) is 10.6. The van der Waals surface area contributed by atoms with Gasteiger partial charge in [0.05, 0.1) is 0 Å². The number of unbranched alkanes of at least 4 members (excludes halogenated alkanes) is 5. The van der Waals surface area contributed by atoms with Crippen molar-refractivity contribution < 1.29 is 29.1 Å². The molecule has 0 aliphatic heterocycles. The minimum absolute atomic E-state index is 0.0227. The fraction of sp³-hybridized carbons (Fsp3) is 0.593. The second-order valence-corrected chi connectivity index (χ2v) is 8.68. The third-order valence-corrected chi connectivity index (χ3v) is 5.61. The number of carboxylic acid groups (broad SMARTS) is 1. The number of ketones is 3. The summed E-state index contributed by atoms with van der Waals surface area (Å²) in [6.45, 7) is 2.50. The molecule has 2 N–H and O–H groups in total. The summed E-state index contributed by atoms with van der Waals surface area (Å²) < 4.78 is 0. The van der Waals surface area contributed by atoms with E-state index in [0.717, 1.165) is 38.5 Å². The van der Waals surface area contributed by atoms with E-state index in [1.54, 1.807) is 24.3 Å². The summed E-state index contributed by atoms with van der Waals surface area (Å²) in [4.78, 5) is 58.5. The Morgan fingerprint density at radius 1 is 0.706 bits per heavy atom. The average Bonchev–Trinajstić information content (AvgIpc) is 2.82. The summed E-state index contributed by atoms with van der Waals surface area (Å²) in [7, 11) is 0. The number of carbonyl (C=O) groups excluding carboxylic acids is 4. The molecule has 0 saturated heterocycles. The third-order valence-electron chi connectivity index (χ3n) is 5.61. The minimum Gasteiger partial charge on any atom is -0.481 e.